The van der Waals surface area contributed by atoms with Gasteiger partial charge in [0.05, 0.1) is 5.69 Å². The molecule has 0 aliphatic heterocycles. The Morgan fingerprint density at radius 1 is 1.44 bits per heavy atom. The van der Waals surface area contributed by atoms with E-state index in [1.807, 2.05) is 13.2 Å². The van der Waals surface area contributed by atoms with Gasteiger partial charge in [-0.15, -0.1) is 0 Å². The molecule has 0 aliphatic carbocycles. The minimum absolute atomic E-state index is 0.750. The molecule has 0 radical (unpaired) electrons. The summed E-state index contributed by atoms with van der Waals surface area (Å²) >= 11 is 1.67. The standard InChI is InChI=1S/C12H15N3S/c1-9-4-3-5-10(6-9)8-16-12-11(13)7-15(2)14-12/h3-7H,8,13H2,1-2H3. The number of thioether (sulfide) groups is 1. The first-order chi connectivity index (χ1) is 7.65. The van der Waals surface area contributed by atoms with Crippen LogP contribution in [0.3, 0.4) is 0 Å². The van der Waals surface area contributed by atoms with Crippen LogP contribution < -0.4 is 5.73 Å². The second-order valence-corrected chi connectivity index (χ2v) is 4.81. The molecule has 0 fully saturated rings. The molecule has 0 spiro atoms. The molecule has 3 nitrogen and oxygen atoms in total. The van der Waals surface area contributed by atoms with Crippen molar-refractivity contribution in [3.05, 3.63) is 41.6 Å². The average Bonchev–Trinajstić information content (AvgIpc) is 2.54. The number of hydrogen-bond acceptors (Lipinski definition) is 3. The van der Waals surface area contributed by atoms with Crippen molar-refractivity contribution in [3.63, 3.8) is 0 Å². The summed E-state index contributed by atoms with van der Waals surface area (Å²) in [6.07, 6.45) is 1.83. The Hall–Kier alpha value is -1.42. The number of aryl methyl sites for hydroxylation is 2. The summed E-state index contributed by atoms with van der Waals surface area (Å²) in [7, 11) is 1.88. The van der Waals surface area contributed by atoms with Gasteiger partial charge in [-0.3, -0.25) is 4.68 Å². The minimum atomic E-state index is 0.750. The zero-order valence-corrected chi connectivity index (χ0v) is 10.3. The number of anilines is 1. The summed E-state index contributed by atoms with van der Waals surface area (Å²) in [5.41, 5.74) is 9.17. The van der Waals surface area contributed by atoms with E-state index in [4.69, 9.17) is 5.73 Å². The van der Waals surface area contributed by atoms with E-state index in [1.165, 1.54) is 11.1 Å². The molecule has 2 rings (SSSR count). The van der Waals surface area contributed by atoms with Gasteiger partial charge < -0.3 is 5.73 Å². The van der Waals surface area contributed by atoms with E-state index in [9.17, 15) is 0 Å². The lowest BCUT2D eigenvalue weighted by Crippen LogP contribution is -1.88. The Kier molecular flexibility index (Phi) is 3.19. The second-order valence-electron chi connectivity index (χ2n) is 3.84. The molecule has 0 aliphatic rings. The van der Waals surface area contributed by atoms with E-state index in [2.05, 4.69) is 36.3 Å². The monoisotopic (exact) mass is 233 g/mol. The third-order valence-electron chi connectivity index (χ3n) is 2.28. The SMILES string of the molecule is Cc1cccc(CSc2nn(C)cc2N)c1. The molecule has 2 aromatic rings. The molecule has 0 bridgehead atoms. The Bertz CT molecular complexity index is 491. The molecular weight excluding hydrogens is 218 g/mol. The molecule has 0 atom stereocenters. The van der Waals surface area contributed by atoms with Crippen molar-refractivity contribution in [2.45, 2.75) is 17.7 Å². The summed E-state index contributed by atoms with van der Waals surface area (Å²) in [6.45, 7) is 2.10. The topological polar surface area (TPSA) is 43.8 Å². The second kappa shape index (κ2) is 4.61. The molecule has 0 saturated heterocycles. The van der Waals surface area contributed by atoms with Crippen LogP contribution in [0.25, 0.3) is 0 Å². The lowest BCUT2D eigenvalue weighted by Gasteiger charge is -2.01. The van der Waals surface area contributed by atoms with Crippen molar-refractivity contribution < 1.29 is 0 Å². The van der Waals surface area contributed by atoms with Crippen molar-refractivity contribution >= 4 is 17.4 Å². The molecule has 4 heteroatoms. The fourth-order valence-electron chi connectivity index (χ4n) is 1.55. The minimum Gasteiger partial charge on any atom is -0.395 e. The van der Waals surface area contributed by atoms with Crippen LogP contribution >= 0.6 is 11.8 Å². The van der Waals surface area contributed by atoms with Gasteiger partial charge in [0.25, 0.3) is 0 Å². The molecule has 16 heavy (non-hydrogen) atoms. The van der Waals surface area contributed by atoms with Crippen LogP contribution in [0.2, 0.25) is 0 Å². The van der Waals surface area contributed by atoms with Crippen molar-refractivity contribution in [1.82, 2.24) is 9.78 Å². The summed E-state index contributed by atoms with van der Waals surface area (Å²) in [4.78, 5) is 0. The number of aromatic nitrogens is 2. The van der Waals surface area contributed by atoms with Crippen molar-refractivity contribution in [2.75, 3.05) is 5.73 Å². The molecule has 2 N–H and O–H groups in total. The smallest absolute Gasteiger partial charge is 0.141 e. The molecule has 1 heterocycles. The van der Waals surface area contributed by atoms with Gasteiger partial charge in [0.2, 0.25) is 0 Å². The van der Waals surface area contributed by atoms with Gasteiger partial charge in [-0.1, -0.05) is 41.6 Å². The quantitative estimate of drug-likeness (QED) is 0.829. The Morgan fingerprint density at radius 2 is 2.25 bits per heavy atom. The Labute approximate surface area is 99.7 Å². The Morgan fingerprint density at radius 3 is 2.88 bits per heavy atom. The maximum Gasteiger partial charge on any atom is 0.141 e. The number of nitrogens with zero attached hydrogens (tertiary/aromatic N) is 2. The third kappa shape index (κ3) is 2.58. The highest BCUT2D eigenvalue weighted by Gasteiger charge is 2.05. The zero-order valence-electron chi connectivity index (χ0n) is 9.47. The normalized spacial score (nSPS) is 10.6. The maximum atomic E-state index is 5.83. The van der Waals surface area contributed by atoms with E-state index in [0.717, 1.165) is 16.5 Å². The number of rotatable bonds is 3. The van der Waals surface area contributed by atoms with Crippen LogP contribution in [-0.2, 0) is 12.8 Å². The van der Waals surface area contributed by atoms with E-state index in [-0.39, 0.29) is 0 Å². The highest BCUT2D eigenvalue weighted by Crippen LogP contribution is 2.26. The molecular formula is C12H15N3S. The van der Waals surface area contributed by atoms with Gasteiger partial charge in [-0.2, -0.15) is 5.10 Å². The number of nitrogen functional groups attached to an aromatic ring is 1. The van der Waals surface area contributed by atoms with Crippen molar-refractivity contribution in [1.29, 1.82) is 0 Å². The molecule has 1 aromatic heterocycles. The summed E-state index contributed by atoms with van der Waals surface area (Å²) < 4.78 is 1.74. The lowest BCUT2D eigenvalue weighted by atomic mass is 10.2. The van der Waals surface area contributed by atoms with Gasteiger partial charge in [0.1, 0.15) is 5.03 Å². The van der Waals surface area contributed by atoms with Crippen LogP contribution in [0.4, 0.5) is 5.69 Å². The number of nitrogens with two attached hydrogens (primary N) is 1. The predicted octanol–water partition coefficient (Wildman–Crippen LogP) is 2.60. The number of hydrogen-bond donors (Lipinski definition) is 1. The van der Waals surface area contributed by atoms with Crippen LogP contribution in [0.1, 0.15) is 11.1 Å². The van der Waals surface area contributed by atoms with Gasteiger partial charge in [0, 0.05) is 19.0 Å². The fraction of sp³-hybridized carbons (Fsp3) is 0.250. The summed E-state index contributed by atoms with van der Waals surface area (Å²) in [5.74, 6) is 0.906. The predicted molar refractivity (Wildman–Crippen MR) is 68.4 cm³/mol. The molecule has 0 unspecified atom stereocenters. The first-order valence-corrected chi connectivity index (χ1v) is 6.11. The van der Waals surface area contributed by atoms with Crippen molar-refractivity contribution in [3.8, 4) is 0 Å². The summed E-state index contributed by atoms with van der Waals surface area (Å²) in [6, 6.07) is 8.49. The van der Waals surface area contributed by atoms with Crippen molar-refractivity contribution in [2.24, 2.45) is 7.05 Å². The van der Waals surface area contributed by atoms with Gasteiger partial charge in [-0.25, -0.2) is 0 Å². The van der Waals surface area contributed by atoms with Gasteiger partial charge in [-0.05, 0) is 12.5 Å². The molecule has 84 valence electrons. The van der Waals surface area contributed by atoms with Gasteiger partial charge >= 0.3 is 0 Å². The van der Waals surface area contributed by atoms with E-state index >= 15 is 0 Å². The third-order valence-corrected chi connectivity index (χ3v) is 3.35. The van der Waals surface area contributed by atoms with E-state index < -0.39 is 0 Å². The van der Waals surface area contributed by atoms with Crippen LogP contribution in [0.5, 0.6) is 0 Å². The number of benzene rings is 1. The average molecular weight is 233 g/mol. The van der Waals surface area contributed by atoms with E-state index in [1.54, 1.807) is 16.4 Å². The fourth-order valence-corrected chi connectivity index (χ4v) is 2.44. The summed E-state index contributed by atoms with van der Waals surface area (Å²) in [5, 5.41) is 5.21. The largest absolute Gasteiger partial charge is 0.395 e. The highest BCUT2D eigenvalue weighted by molar-refractivity contribution is 7.98. The zero-order chi connectivity index (χ0) is 11.5. The van der Waals surface area contributed by atoms with Crippen LogP contribution in [0.15, 0.2) is 35.5 Å². The molecule has 0 saturated carbocycles. The lowest BCUT2D eigenvalue weighted by molar-refractivity contribution is 0.738. The maximum absolute atomic E-state index is 5.83. The highest BCUT2D eigenvalue weighted by atomic mass is 32.2. The van der Waals surface area contributed by atoms with E-state index in [0.29, 0.717) is 0 Å². The molecule has 0 amide bonds. The first-order valence-electron chi connectivity index (χ1n) is 5.12. The molecule has 1 aromatic carbocycles. The van der Waals surface area contributed by atoms with Crippen LogP contribution in [-0.4, -0.2) is 9.78 Å². The van der Waals surface area contributed by atoms with Gasteiger partial charge in [0.15, 0.2) is 0 Å². The first kappa shape index (κ1) is 11.1. The Balaban J connectivity index is 2.05. The van der Waals surface area contributed by atoms with Crippen LogP contribution in [0, 0.1) is 6.92 Å².